The van der Waals surface area contributed by atoms with Gasteiger partial charge in [-0.05, 0) is 39.1 Å². The van der Waals surface area contributed by atoms with Crippen LogP contribution in [0.4, 0.5) is 5.69 Å². The first-order chi connectivity index (χ1) is 20.9. The molecule has 0 saturated carbocycles. The molecule has 1 amide bonds. The predicted molar refractivity (Wildman–Crippen MR) is 176 cm³/mol. The van der Waals surface area contributed by atoms with Gasteiger partial charge < -0.3 is 15.0 Å². The largest absolute Gasteiger partial charge is 0.492 e. The standard InChI is InChI=1S/C28H32N8O2S.2C2H6/c1-19-27-23(5-4-6-24(27)36(32-19)18-22-16-29-20(2)39-22)31-28(37)25-17-30-26-15-21(7-8-35(25)26)38-14-13-34-11-9-33(3)10-12-34;2*1-2/h4-8,15-17H,9-14,18H2,1-3H3,(H,31,37);2*1-2H3. The van der Waals surface area contributed by atoms with Crippen LogP contribution >= 0.6 is 11.3 Å². The molecule has 1 aliphatic heterocycles. The lowest BCUT2D eigenvalue weighted by Crippen LogP contribution is -2.45. The zero-order valence-electron chi connectivity index (χ0n) is 26.4. The molecule has 10 nitrogen and oxygen atoms in total. The van der Waals surface area contributed by atoms with Crippen molar-refractivity contribution in [2.75, 3.05) is 51.7 Å². The highest BCUT2D eigenvalue weighted by Gasteiger charge is 2.18. The second-order valence-electron chi connectivity index (χ2n) is 9.97. The van der Waals surface area contributed by atoms with Crippen LogP contribution in [0.1, 0.15) is 53.8 Å². The van der Waals surface area contributed by atoms with E-state index in [1.807, 2.05) is 88.9 Å². The number of ether oxygens (including phenoxy) is 1. The summed E-state index contributed by atoms with van der Waals surface area (Å²) in [5.74, 6) is 0.516. The summed E-state index contributed by atoms with van der Waals surface area (Å²) in [7, 11) is 2.16. The van der Waals surface area contributed by atoms with E-state index in [0.717, 1.165) is 70.6 Å². The maximum atomic E-state index is 13.4. The molecule has 0 atom stereocenters. The number of amides is 1. The molecule has 1 aromatic carbocycles. The Morgan fingerprint density at radius 2 is 1.79 bits per heavy atom. The minimum atomic E-state index is -0.232. The number of piperazine rings is 1. The average molecular weight is 605 g/mol. The highest BCUT2D eigenvalue weighted by molar-refractivity contribution is 7.11. The molecule has 0 aliphatic carbocycles. The Bertz CT molecular complexity index is 1630. The highest BCUT2D eigenvalue weighted by atomic mass is 32.1. The first kappa shape index (κ1) is 32.1. The van der Waals surface area contributed by atoms with Crippen molar-refractivity contribution in [3.8, 4) is 5.75 Å². The van der Waals surface area contributed by atoms with E-state index in [4.69, 9.17) is 9.84 Å². The van der Waals surface area contributed by atoms with Gasteiger partial charge >= 0.3 is 0 Å². The molecule has 6 rings (SSSR count). The predicted octanol–water partition coefficient (Wildman–Crippen LogP) is 5.74. The Labute approximate surface area is 258 Å². The monoisotopic (exact) mass is 604 g/mol. The summed E-state index contributed by atoms with van der Waals surface area (Å²) in [4.78, 5) is 28.1. The SMILES string of the molecule is CC.CC.Cc1ncc(Cn2nc(C)c3c(NC(=O)c4cnc5cc(OCCN6CCN(C)CC6)ccn45)cccc32)s1. The summed E-state index contributed by atoms with van der Waals surface area (Å²) >= 11 is 1.66. The lowest BCUT2D eigenvalue weighted by molar-refractivity contribution is 0.102. The Hall–Kier alpha value is -3.80. The van der Waals surface area contributed by atoms with Crippen LogP contribution in [-0.2, 0) is 6.54 Å². The van der Waals surface area contributed by atoms with Gasteiger partial charge in [0.25, 0.3) is 5.91 Å². The molecular formula is C32H44N8O2S. The minimum absolute atomic E-state index is 0.232. The molecular weight excluding hydrogens is 560 g/mol. The number of nitrogens with one attached hydrogen (secondary N) is 1. The number of thiazole rings is 1. The van der Waals surface area contributed by atoms with Crippen molar-refractivity contribution < 1.29 is 9.53 Å². The maximum Gasteiger partial charge on any atom is 0.274 e. The molecule has 0 radical (unpaired) electrons. The van der Waals surface area contributed by atoms with Gasteiger partial charge in [-0.1, -0.05) is 33.8 Å². The van der Waals surface area contributed by atoms with Crippen LogP contribution in [0, 0.1) is 13.8 Å². The van der Waals surface area contributed by atoms with E-state index in [1.165, 1.54) is 0 Å². The molecule has 43 heavy (non-hydrogen) atoms. The average Bonchev–Trinajstić information content (AvgIpc) is 3.73. The van der Waals surface area contributed by atoms with Gasteiger partial charge in [-0.25, -0.2) is 9.97 Å². The van der Waals surface area contributed by atoms with Crippen LogP contribution in [0.3, 0.4) is 0 Å². The number of rotatable bonds is 8. The summed E-state index contributed by atoms with van der Waals surface area (Å²) < 4.78 is 9.74. The Balaban J connectivity index is 0.00000102. The highest BCUT2D eigenvalue weighted by Crippen LogP contribution is 2.28. The van der Waals surface area contributed by atoms with E-state index in [-0.39, 0.29) is 5.91 Å². The summed E-state index contributed by atoms with van der Waals surface area (Å²) in [6.07, 6.45) is 5.33. The first-order valence-electron chi connectivity index (χ1n) is 15.1. The van der Waals surface area contributed by atoms with Crippen LogP contribution in [-0.4, -0.2) is 86.2 Å². The third kappa shape index (κ3) is 7.59. The van der Waals surface area contributed by atoms with Gasteiger partial charge in [0.1, 0.15) is 23.7 Å². The van der Waals surface area contributed by atoms with Gasteiger partial charge in [-0.15, -0.1) is 11.3 Å². The van der Waals surface area contributed by atoms with Crippen molar-refractivity contribution in [2.24, 2.45) is 0 Å². The van der Waals surface area contributed by atoms with E-state index in [1.54, 1.807) is 21.9 Å². The number of aryl methyl sites for hydroxylation is 2. The third-order valence-electron chi connectivity index (χ3n) is 7.17. The Morgan fingerprint density at radius 3 is 2.51 bits per heavy atom. The molecule has 0 bridgehead atoms. The molecule has 5 aromatic rings. The number of anilines is 1. The fourth-order valence-electron chi connectivity index (χ4n) is 5.04. The van der Waals surface area contributed by atoms with Crippen LogP contribution in [0.25, 0.3) is 16.6 Å². The van der Waals surface area contributed by atoms with Crippen molar-refractivity contribution in [1.29, 1.82) is 0 Å². The normalized spacial score (nSPS) is 13.7. The van der Waals surface area contributed by atoms with Gasteiger partial charge in [0.2, 0.25) is 0 Å². The first-order valence-corrected chi connectivity index (χ1v) is 16.0. The molecule has 1 fully saturated rings. The van der Waals surface area contributed by atoms with Crippen molar-refractivity contribution in [3.05, 3.63) is 70.2 Å². The molecule has 0 spiro atoms. The van der Waals surface area contributed by atoms with Crippen molar-refractivity contribution in [2.45, 2.75) is 48.1 Å². The van der Waals surface area contributed by atoms with Gasteiger partial charge in [-0.2, -0.15) is 5.10 Å². The summed E-state index contributed by atoms with van der Waals surface area (Å²) in [5.41, 5.74) is 3.67. The summed E-state index contributed by atoms with van der Waals surface area (Å²) in [6.45, 7) is 18.4. The van der Waals surface area contributed by atoms with E-state index < -0.39 is 0 Å². The number of carbonyl (C=O) groups is 1. The smallest absolute Gasteiger partial charge is 0.274 e. The number of fused-ring (bicyclic) bond motifs is 2. The molecule has 5 heterocycles. The molecule has 1 saturated heterocycles. The van der Waals surface area contributed by atoms with Crippen molar-refractivity contribution >= 4 is 39.5 Å². The number of aromatic nitrogens is 5. The van der Waals surface area contributed by atoms with Gasteiger partial charge in [-0.3, -0.25) is 18.8 Å². The van der Waals surface area contributed by atoms with Crippen LogP contribution in [0.2, 0.25) is 0 Å². The van der Waals surface area contributed by atoms with E-state index >= 15 is 0 Å². The Kier molecular flexibility index (Phi) is 11.3. The van der Waals surface area contributed by atoms with Gasteiger partial charge in [0, 0.05) is 61.4 Å². The zero-order chi connectivity index (χ0) is 30.9. The van der Waals surface area contributed by atoms with E-state index in [9.17, 15) is 4.79 Å². The number of likely N-dealkylation sites (N-methyl/N-ethyl adjacent to an activating group) is 1. The Morgan fingerprint density at radius 1 is 1.02 bits per heavy atom. The van der Waals surface area contributed by atoms with Crippen LogP contribution < -0.4 is 10.1 Å². The fraction of sp³-hybridized carbons (Fsp3) is 0.438. The van der Waals surface area contributed by atoms with Gasteiger partial charge in [0.05, 0.1) is 34.6 Å². The zero-order valence-corrected chi connectivity index (χ0v) is 27.2. The number of imidazole rings is 1. The quantitative estimate of drug-likeness (QED) is 0.242. The number of hydrogen-bond acceptors (Lipinski definition) is 8. The van der Waals surface area contributed by atoms with Gasteiger partial charge in [0.15, 0.2) is 0 Å². The molecule has 1 aliphatic rings. The number of pyridine rings is 1. The lowest BCUT2D eigenvalue weighted by Gasteiger charge is -2.32. The van der Waals surface area contributed by atoms with Crippen molar-refractivity contribution in [1.82, 2.24) is 33.9 Å². The van der Waals surface area contributed by atoms with E-state index in [2.05, 4.69) is 32.1 Å². The summed E-state index contributed by atoms with van der Waals surface area (Å²) in [6, 6.07) is 9.63. The minimum Gasteiger partial charge on any atom is -0.492 e. The number of hydrogen-bond donors (Lipinski definition) is 1. The molecule has 1 N–H and O–H groups in total. The number of nitrogens with zero attached hydrogens (tertiary/aromatic N) is 7. The topological polar surface area (TPSA) is 92.8 Å². The second kappa shape index (κ2) is 15.1. The van der Waals surface area contributed by atoms with E-state index in [0.29, 0.717) is 24.5 Å². The van der Waals surface area contributed by atoms with Crippen molar-refractivity contribution in [3.63, 3.8) is 0 Å². The molecule has 11 heteroatoms. The second-order valence-corrected chi connectivity index (χ2v) is 11.3. The van der Waals surface area contributed by atoms with Crippen LogP contribution in [0.5, 0.6) is 5.75 Å². The number of carbonyl (C=O) groups excluding carboxylic acids is 1. The maximum absolute atomic E-state index is 13.4. The van der Waals surface area contributed by atoms with Crippen LogP contribution in [0.15, 0.2) is 48.9 Å². The fourth-order valence-corrected chi connectivity index (χ4v) is 5.82. The third-order valence-corrected chi connectivity index (χ3v) is 8.06. The molecule has 230 valence electrons. The lowest BCUT2D eigenvalue weighted by atomic mass is 10.1. The summed E-state index contributed by atoms with van der Waals surface area (Å²) in [5, 5.41) is 9.80. The number of benzene rings is 1. The molecule has 0 unspecified atom stereocenters. The molecule has 4 aromatic heterocycles.